The molecule has 1 aromatic carbocycles. The van der Waals surface area contributed by atoms with E-state index >= 15 is 0 Å². The molecule has 19 heavy (non-hydrogen) atoms. The van der Waals surface area contributed by atoms with Crippen molar-refractivity contribution in [3.05, 3.63) is 41.2 Å². The molecule has 5 heteroatoms. The van der Waals surface area contributed by atoms with E-state index in [2.05, 4.69) is 20.1 Å². The van der Waals surface area contributed by atoms with Crippen LogP contribution in [0.3, 0.4) is 0 Å². The minimum absolute atomic E-state index is 0.226. The first-order valence-corrected chi connectivity index (χ1v) is 6.65. The highest BCUT2D eigenvalue weighted by molar-refractivity contribution is 5.50. The molecule has 0 amide bonds. The van der Waals surface area contributed by atoms with Crippen LogP contribution in [0.4, 0.5) is 10.1 Å². The van der Waals surface area contributed by atoms with Gasteiger partial charge in [-0.3, -0.25) is 0 Å². The van der Waals surface area contributed by atoms with Crippen LogP contribution in [0.5, 0.6) is 0 Å². The van der Waals surface area contributed by atoms with Crippen molar-refractivity contribution >= 4 is 5.69 Å². The highest BCUT2D eigenvalue weighted by atomic mass is 19.1. The fourth-order valence-corrected chi connectivity index (χ4v) is 2.46. The molecule has 0 bridgehead atoms. The summed E-state index contributed by atoms with van der Waals surface area (Å²) in [5, 5.41) is 11.7. The zero-order valence-electron chi connectivity index (χ0n) is 11.0. The van der Waals surface area contributed by atoms with Crippen molar-refractivity contribution in [3.8, 4) is 0 Å². The zero-order valence-corrected chi connectivity index (χ0v) is 11.0. The molecule has 4 nitrogen and oxygen atoms in total. The third-order valence-electron chi connectivity index (χ3n) is 3.57. The van der Waals surface area contributed by atoms with Gasteiger partial charge < -0.3 is 9.88 Å². The van der Waals surface area contributed by atoms with Gasteiger partial charge in [-0.05, 0) is 37.5 Å². The molecule has 0 atom stereocenters. The lowest BCUT2D eigenvalue weighted by molar-refractivity contribution is 0.509. The average Bonchev–Trinajstić information content (AvgIpc) is 2.83. The molecule has 0 saturated carbocycles. The van der Waals surface area contributed by atoms with Crippen LogP contribution in [0, 0.1) is 12.7 Å². The third kappa shape index (κ3) is 2.45. The number of rotatable bonds is 3. The molecule has 2 aromatic rings. The van der Waals surface area contributed by atoms with Gasteiger partial charge in [-0.15, -0.1) is 10.2 Å². The van der Waals surface area contributed by atoms with Crippen LogP contribution in [0.25, 0.3) is 0 Å². The van der Waals surface area contributed by atoms with Crippen molar-refractivity contribution in [1.82, 2.24) is 14.8 Å². The number of hydrogen-bond donors (Lipinski definition) is 1. The molecule has 100 valence electrons. The number of benzene rings is 1. The summed E-state index contributed by atoms with van der Waals surface area (Å²) in [7, 11) is 0. The van der Waals surface area contributed by atoms with Gasteiger partial charge in [-0.25, -0.2) is 4.39 Å². The van der Waals surface area contributed by atoms with Gasteiger partial charge in [0, 0.05) is 18.7 Å². The number of halogens is 1. The van der Waals surface area contributed by atoms with Crippen LogP contribution < -0.4 is 5.32 Å². The number of anilines is 1. The molecule has 0 aliphatic carbocycles. The predicted molar refractivity (Wildman–Crippen MR) is 71.4 cm³/mol. The van der Waals surface area contributed by atoms with Crippen LogP contribution in [0.1, 0.15) is 30.1 Å². The normalized spacial score (nSPS) is 14.2. The summed E-state index contributed by atoms with van der Waals surface area (Å²) in [4.78, 5) is 0. The van der Waals surface area contributed by atoms with Crippen LogP contribution in [0.15, 0.2) is 18.2 Å². The maximum absolute atomic E-state index is 13.2. The van der Waals surface area contributed by atoms with Crippen molar-refractivity contribution in [2.75, 3.05) is 5.32 Å². The van der Waals surface area contributed by atoms with Gasteiger partial charge >= 0.3 is 0 Å². The Balaban J connectivity index is 1.75. The monoisotopic (exact) mass is 260 g/mol. The average molecular weight is 260 g/mol. The second kappa shape index (κ2) is 4.99. The Morgan fingerprint density at radius 2 is 2.21 bits per heavy atom. The van der Waals surface area contributed by atoms with Crippen LogP contribution in [0.2, 0.25) is 0 Å². The molecule has 1 N–H and O–H groups in total. The van der Waals surface area contributed by atoms with E-state index in [0.717, 1.165) is 35.9 Å². The second-order valence-corrected chi connectivity index (χ2v) is 4.95. The summed E-state index contributed by atoms with van der Waals surface area (Å²) >= 11 is 0. The van der Waals surface area contributed by atoms with Gasteiger partial charge in [0.05, 0.1) is 6.54 Å². The largest absolute Gasteiger partial charge is 0.377 e. The van der Waals surface area contributed by atoms with Crippen LogP contribution in [-0.4, -0.2) is 14.8 Å². The number of fused-ring (bicyclic) bond motifs is 1. The van der Waals surface area contributed by atoms with E-state index in [1.807, 2.05) is 6.92 Å². The Morgan fingerprint density at radius 3 is 3.11 bits per heavy atom. The SMILES string of the molecule is Cc1ccc(F)cc1NCc1nnc2n1CCCC2. The topological polar surface area (TPSA) is 42.7 Å². The molecule has 0 saturated heterocycles. The third-order valence-corrected chi connectivity index (χ3v) is 3.57. The highest BCUT2D eigenvalue weighted by Crippen LogP contribution is 2.18. The molecular weight excluding hydrogens is 243 g/mol. The number of nitrogens with zero attached hydrogens (tertiary/aromatic N) is 3. The van der Waals surface area contributed by atoms with E-state index in [1.54, 1.807) is 6.07 Å². The Labute approximate surface area is 111 Å². The van der Waals surface area contributed by atoms with Gasteiger partial charge in [0.15, 0.2) is 5.82 Å². The Kier molecular flexibility index (Phi) is 3.19. The van der Waals surface area contributed by atoms with Gasteiger partial charge in [0.2, 0.25) is 0 Å². The zero-order chi connectivity index (χ0) is 13.2. The molecule has 1 aliphatic rings. The number of aryl methyl sites for hydroxylation is 2. The van der Waals surface area contributed by atoms with Gasteiger partial charge in [-0.1, -0.05) is 6.07 Å². The Bertz CT molecular complexity index is 591. The number of nitrogens with one attached hydrogen (secondary N) is 1. The Morgan fingerprint density at radius 1 is 1.32 bits per heavy atom. The molecule has 0 radical (unpaired) electrons. The first-order chi connectivity index (χ1) is 9.24. The van der Waals surface area contributed by atoms with Crippen LogP contribution >= 0.6 is 0 Å². The van der Waals surface area contributed by atoms with E-state index in [-0.39, 0.29) is 5.82 Å². The summed E-state index contributed by atoms with van der Waals surface area (Å²) in [6.07, 6.45) is 3.37. The second-order valence-electron chi connectivity index (χ2n) is 4.95. The first kappa shape index (κ1) is 12.1. The van der Waals surface area contributed by atoms with Crippen molar-refractivity contribution in [1.29, 1.82) is 0 Å². The highest BCUT2D eigenvalue weighted by Gasteiger charge is 2.15. The lowest BCUT2D eigenvalue weighted by Gasteiger charge is -2.15. The van der Waals surface area contributed by atoms with Crippen molar-refractivity contribution < 1.29 is 4.39 Å². The lowest BCUT2D eigenvalue weighted by atomic mass is 10.1. The maximum atomic E-state index is 13.2. The van der Waals surface area contributed by atoms with Gasteiger partial charge in [-0.2, -0.15) is 0 Å². The maximum Gasteiger partial charge on any atom is 0.152 e. The molecule has 0 spiro atoms. The van der Waals surface area contributed by atoms with E-state index in [4.69, 9.17) is 0 Å². The van der Waals surface area contributed by atoms with Crippen molar-refractivity contribution in [2.24, 2.45) is 0 Å². The molecule has 0 fully saturated rings. The Hall–Kier alpha value is -1.91. The standard InChI is InChI=1S/C14H17FN4/c1-10-5-6-11(15)8-12(10)16-9-14-18-17-13-4-2-3-7-19(13)14/h5-6,8,16H,2-4,7,9H2,1H3. The van der Waals surface area contributed by atoms with E-state index in [1.165, 1.54) is 25.0 Å². The minimum atomic E-state index is -0.226. The number of aromatic nitrogens is 3. The summed E-state index contributed by atoms with van der Waals surface area (Å²) in [5.74, 6) is 1.77. The fourth-order valence-electron chi connectivity index (χ4n) is 2.46. The van der Waals surface area contributed by atoms with Crippen LogP contribution in [-0.2, 0) is 19.5 Å². The van der Waals surface area contributed by atoms with Gasteiger partial charge in [0.1, 0.15) is 11.6 Å². The van der Waals surface area contributed by atoms with Gasteiger partial charge in [0.25, 0.3) is 0 Å². The van der Waals surface area contributed by atoms with Crippen molar-refractivity contribution in [2.45, 2.75) is 39.3 Å². The molecular formula is C14H17FN4. The summed E-state index contributed by atoms with van der Waals surface area (Å²) in [5.41, 5.74) is 1.84. The fraction of sp³-hybridized carbons (Fsp3) is 0.429. The molecule has 0 unspecified atom stereocenters. The molecule has 2 heterocycles. The van der Waals surface area contributed by atoms with E-state index in [0.29, 0.717) is 6.54 Å². The molecule has 3 rings (SSSR count). The minimum Gasteiger partial charge on any atom is -0.377 e. The summed E-state index contributed by atoms with van der Waals surface area (Å²) in [6.45, 7) is 3.53. The van der Waals surface area contributed by atoms with Crippen molar-refractivity contribution in [3.63, 3.8) is 0 Å². The summed E-state index contributed by atoms with van der Waals surface area (Å²) < 4.78 is 15.4. The van der Waals surface area contributed by atoms with E-state index in [9.17, 15) is 4.39 Å². The molecule has 1 aliphatic heterocycles. The van der Waals surface area contributed by atoms with E-state index < -0.39 is 0 Å². The molecule has 1 aromatic heterocycles. The summed E-state index contributed by atoms with van der Waals surface area (Å²) in [6, 6.07) is 4.76. The first-order valence-electron chi connectivity index (χ1n) is 6.65. The smallest absolute Gasteiger partial charge is 0.152 e. The predicted octanol–water partition coefficient (Wildman–Crippen LogP) is 2.67. The quantitative estimate of drug-likeness (QED) is 0.922. The lowest BCUT2D eigenvalue weighted by Crippen LogP contribution is -2.15. The number of hydrogen-bond acceptors (Lipinski definition) is 3.